The first-order chi connectivity index (χ1) is 11.7. The molecule has 0 unspecified atom stereocenters. The number of aliphatic hydroxyl groups excluding tert-OH is 1. The van der Waals surface area contributed by atoms with E-state index in [1.54, 1.807) is 29.2 Å². The third-order valence-electron chi connectivity index (χ3n) is 4.26. The lowest BCUT2D eigenvalue weighted by Gasteiger charge is -2.31. The molecule has 1 atom stereocenters. The number of aliphatic hydroxyl groups is 1. The van der Waals surface area contributed by atoms with Crippen LogP contribution in [0.3, 0.4) is 0 Å². The molecule has 1 aliphatic rings. The van der Waals surface area contributed by atoms with E-state index in [1.165, 1.54) is 5.56 Å². The van der Waals surface area contributed by atoms with Crippen molar-refractivity contribution in [1.82, 2.24) is 10.2 Å². The molecule has 0 saturated heterocycles. The van der Waals surface area contributed by atoms with Crippen molar-refractivity contribution in [2.45, 2.75) is 19.0 Å². The number of benzene rings is 2. The minimum Gasteiger partial charge on any atom is -0.394 e. The lowest BCUT2D eigenvalue weighted by molar-refractivity contribution is -0.135. The van der Waals surface area contributed by atoms with Gasteiger partial charge in [-0.1, -0.05) is 42.5 Å². The molecule has 0 spiro atoms. The van der Waals surface area contributed by atoms with Gasteiger partial charge in [0.2, 0.25) is 5.91 Å². The summed E-state index contributed by atoms with van der Waals surface area (Å²) < 4.78 is 0. The first-order valence-corrected chi connectivity index (χ1v) is 8.01. The standard InChI is InChI=1S/C19H20N2O3/c22-13-17(20-18(23)15-7-2-1-3-8-15)19(24)21-11-10-14-6-4-5-9-16(14)12-21/h1-9,17,22H,10-13H2,(H,20,23)/t17-/m0/s1. The summed E-state index contributed by atoms with van der Waals surface area (Å²) in [6, 6.07) is 15.8. The van der Waals surface area contributed by atoms with E-state index in [1.807, 2.05) is 24.3 Å². The van der Waals surface area contributed by atoms with Crippen molar-refractivity contribution >= 4 is 11.8 Å². The van der Waals surface area contributed by atoms with Crippen molar-refractivity contribution < 1.29 is 14.7 Å². The maximum absolute atomic E-state index is 12.7. The van der Waals surface area contributed by atoms with Crippen LogP contribution in [0, 0.1) is 0 Å². The summed E-state index contributed by atoms with van der Waals surface area (Å²) in [6.45, 7) is 0.676. The molecule has 24 heavy (non-hydrogen) atoms. The Morgan fingerprint density at radius 1 is 1.04 bits per heavy atom. The molecule has 5 nitrogen and oxygen atoms in total. The maximum atomic E-state index is 12.7. The first-order valence-electron chi connectivity index (χ1n) is 8.01. The Labute approximate surface area is 140 Å². The number of carbonyl (C=O) groups is 2. The fourth-order valence-electron chi connectivity index (χ4n) is 2.92. The van der Waals surface area contributed by atoms with E-state index in [2.05, 4.69) is 11.4 Å². The zero-order chi connectivity index (χ0) is 16.9. The Hall–Kier alpha value is -2.66. The monoisotopic (exact) mass is 324 g/mol. The van der Waals surface area contributed by atoms with E-state index in [0.717, 1.165) is 12.0 Å². The van der Waals surface area contributed by atoms with E-state index in [0.29, 0.717) is 18.7 Å². The van der Waals surface area contributed by atoms with Crippen molar-refractivity contribution in [3.8, 4) is 0 Å². The molecule has 1 aliphatic heterocycles. The van der Waals surface area contributed by atoms with Gasteiger partial charge in [-0.3, -0.25) is 9.59 Å². The number of rotatable bonds is 4. The fourth-order valence-corrected chi connectivity index (χ4v) is 2.92. The van der Waals surface area contributed by atoms with Gasteiger partial charge in [-0.2, -0.15) is 0 Å². The third kappa shape index (κ3) is 3.46. The molecule has 124 valence electrons. The second-order valence-electron chi connectivity index (χ2n) is 5.85. The van der Waals surface area contributed by atoms with E-state index >= 15 is 0 Å². The molecular weight excluding hydrogens is 304 g/mol. The largest absolute Gasteiger partial charge is 0.394 e. The zero-order valence-electron chi connectivity index (χ0n) is 13.3. The Morgan fingerprint density at radius 3 is 2.42 bits per heavy atom. The van der Waals surface area contributed by atoms with Crippen molar-refractivity contribution in [2.24, 2.45) is 0 Å². The minimum atomic E-state index is -0.928. The van der Waals surface area contributed by atoms with Crippen LogP contribution in [0.5, 0.6) is 0 Å². The van der Waals surface area contributed by atoms with Gasteiger partial charge in [-0.15, -0.1) is 0 Å². The average molecular weight is 324 g/mol. The molecule has 0 bridgehead atoms. The van der Waals surface area contributed by atoms with E-state index < -0.39 is 12.6 Å². The molecule has 1 heterocycles. The summed E-state index contributed by atoms with van der Waals surface area (Å²) in [5, 5.41) is 12.2. The number of nitrogens with one attached hydrogen (secondary N) is 1. The summed E-state index contributed by atoms with van der Waals surface area (Å²) in [7, 11) is 0. The van der Waals surface area contributed by atoms with Gasteiger partial charge in [0, 0.05) is 18.7 Å². The molecule has 2 aromatic carbocycles. The van der Waals surface area contributed by atoms with Crippen LogP contribution in [0.4, 0.5) is 0 Å². The van der Waals surface area contributed by atoms with Crippen LogP contribution in [0.1, 0.15) is 21.5 Å². The molecule has 0 aliphatic carbocycles. The number of hydrogen-bond acceptors (Lipinski definition) is 3. The number of carbonyl (C=O) groups excluding carboxylic acids is 2. The van der Waals surface area contributed by atoms with Gasteiger partial charge in [0.1, 0.15) is 6.04 Å². The first kappa shape index (κ1) is 16.2. The number of nitrogens with zero attached hydrogens (tertiary/aromatic N) is 1. The van der Waals surface area contributed by atoms with E-state index in [-0.39, 0.29) is 11.8 Å². The minimum absolute atomic E-state index is 0.253. The Kier molecular flexibility index (Phi) is 4.91. The molecule has 0 radical (unpaired) electrons. The molecular formula is C19H20N2O3. The van der Waals surface area contributed by atoms with E-state index in [9.17, 15) is 14.7 Å². The van der Waals surface area contributed by atoms with Crippen molar-refractivity contribution in [1.29, 1.82) is 0 Å². The zero-order valence-corrected chi connectivity index (χ0v) is 13.3. The molecule has 0 aromatic heterocycles. The van der Waals surface area contributed by atoms with Gasteiger partial charge < -0.3 is 15.3 Å². The van der Waals surface area contributed by atoms with Gasteiger partial charge in [-0.05, 0) is 29.7 Å². The van der Waals surface area contributed by atoms with E-state index in [4.69, 9.17) is 0 Å². The Bertz CT molecular complexity index is 730. The topological polar surface area (TPSA) is 69.6 Å². The lowest BCUT2D eigenvalue weighted by Crippen LogP contribution is -2.51. The molecule has 0 saturated carbocycles. The van der Waals surface area contributed by atoms with Crippen molar-refractivity contribution in [3.63, 3.8) is 0 Å². The van der Waals surface area contributed by atoms with Crippen molar-refractivity contribution in [3.05, 3.63) is 71.3 Å². The predicted octanol–water partition coefficient (Wildman–Crippen LogP) is 1.36. The molecule has 2 aromatic rings. The van der Waals surface area contributed by atoms with Crippen LogP contribution in [-0.4, -0.2) is 41.0 Å². The fraction of sp³-hybridized carbons (Fsp3) is 0.263. The molecule has 2 amide bonds. The lowest BCUT2D eigenvalue weighted by atomic mass is 9.99. The van der Waals surface area contributed by atoms with Gasteiger partial charge in [0.15, 0.2) is 0 Å². The summed E-state index contributed by atoms with van der Waals surface area (Å²) in [4.78, 5) is 26.6. The quantitative estimate of drug-likeness (QED) is 0.892. The van der Waals surface area contributed by atoms with Crippen LogP contribution in [0.15, 0.2) is 54.6 Å². The van der Waals surface area contributed by atoms with Gasteiger partial charge in [-0.25, -0.2) is 0 Å². The third-order valence-corrected chi connectivity index (χ3v) is 4.26. The van der Waals surface area contributed by atoms with Crippen LogP contribution < -0.4 is 5.32 Å². The summed E-state index contributed by atoms with van der Waals surface area (Å²) in [5.74, 6) is -0.614. The number of fused-ring (bicyclic) bond motifs is 1. The van der Waals surface area contributed by atoms with Crippen LogP contribution in [0.2, 0.25) is 0 Å². The molecule has 2 N–H and O–H groups in total. The summed E-state index contributed by atoms with van der Waals surface area (Å²) in [5.41, 5.74) is 2.83. The summed E-state index contributed by atoms with van der Waals surface area (Å²) in [6.07, 6.45) is 0.784. The number of hydrogen-bond donors (Lipinski definition) is 2. The van der Waals surface area contributed by atoms with Crippen LogP contribution in [0.25, 0.3) is 0 Å². The molecule has 5 heteroatoms. The Morgan fingerprint density at radius 2 is 1.71 bits per heavy atom. The highest BCUT2D eigenvalue weighted by Gasteiger charge is 2.28. The predicted molar refractivity (Wildman–Crippen MR) is 90.3 cm³/mol. The normalized spacial score (nSPS) is 14.6. The highest BCUT2D eigenvalue weighted by molar-refractivity contribution is 5.97. The molecule has 0 fully saturated rings. The van der Waals surface area contributed by atoms with Gasteiger partial charge in [0.25, 0.3) is 5.91 Å². The highest BCUT2D eigenvalue weighted by atomic mass is 16.3. The SMILES string of the molecule is O=C(N[C@@H](CO)C(=O)N1CCc2ccccc2C1)c1ccccc1. The smallest absolute Gasteiger partial charge is 0.251 e. The second kappa shape index (κ2) is 7.27. The molecule has 3 rings (SSSR count). The van der Waals surface area contributed by atoms with Gasteiger partial charge >= 0.3 is 0 Å². The number of amides is 2. The van der Waals surface area contributed by atoms with Crippen molar-refractivity contribution in [2.75, 3.05) is 13.2 Å². The van der Waals surface area contributed by atoms with Gasteiger partial charge in [0.05, 0.1) is 6.61 Å². The van der Waals surface area contributed by atoms with Crippen LogP contribution in [-0.2, 0) is 17.8 Å². The summed E-state index contributed by atoms with van der Waals surface area (Å²) >= 11 is 0. The average Bonchev–Trinajstić information content (AvgIpc) is 2.65. The second-order valence-corrected chi connectivity index (χ2v) is 5.85. The highest BCUT2D eigenvalue weighted by Crippen LogP contribution is 2.19. The Balaban J connectivity index is 1.68. The maximum Gasteiger partial charge on any atom is 0.251 e. The van der Waals surface area contributed by atoms with Crippen LogP contribution >= 0.6 is 0 Å².